The molecule has 1 atom stereocenters. The average molecular weight is 265 g/mol. The molecule has 1 aliphatic heterocycles. The van der Waals surface area contributed by atoms with Crippen LogP contribution in [0.2, 0.25) is 0 Å². The summed E-state index contributed by atoms with van der Waals surface area (Å²) >= 11 is 0. The highest BCUT2D eigenvalue weighted by Gasteiger charge is 2.39. The molecule has 0 aromatic rings. The molecule has 1 fully saturated rings. The SMILES string of the molecule is CC(C)(C)OC(=O)[C@@H]1CCCN1C(=O)C1CC=CC1. The summed E-state index contributed by atoms with van der Waals surface area (Å²) < 4.78 is 5.42. The van der Waals surface area contributed by atoms with E-state index >= 15 is 0 Å². The van der Waals surface area contributed by atoms with E-state index in [4.69, 9.17) is 4.74 Å². The summed E-state index contributed by atoms with van der Waals surface area (Å²) in [6.07, 6.45) is 7.30. The number of likely N-dealkylation sites (tertiary alicyclic amines) is 1. The van der Waals surface area contributed by atoms with Crippen LogP contribution in [-0.2, 0) is 14.3 Å². The lowest BCUT2D eigenvalue weighted by molar-refractivity contribution is -0.163. The predicted molar refractivity (Wildman–Crippen MR) is 72.4 cm³/mol. The molecule has 0 aromatic heterocycles. The number of ether oxygens (including phenoxy) is 1. The Morgan fingerprint density at radius 2 is 1.84 bits per heavy atom. The zero-order valence-electron chi connectivity index (χ0n) is 12.0. The molecule has 2 aliphatic rings. The molecule has 0 N–H and O–H groups in total. The van der Waals surface area contributed by atoms with Gasteiger partial charge in [-0.2, -0.15) is 0 Å². The third-order valence-corrected chi connectivity index (χ3v) is 3.57. The van der Waals surface area contributed by atoms with Gasteiger partial charge in [0.05, 0.1) is 0 Å². The highest BCUT2D eigenvalue weighted by Crippen LogP contribution is 2.27. The maximum atomic E-state index is 12.4. The maximum Gasteiger partial charge on any atom is 0.329 e. The molecule has 2 rings (SSSR count). The number of esters is 1. The molecule has 0 saturated carbocycles. The van der Waals surface area contributed by atoms with Crippen molar-refractivity contribution in [3.8, 4) is 0 Å². The molecule has 4 heteroatoms. The lowest BCUT2D eigenvalue weighted by Gasteiger charge is -2.29. The van der Waals surface area contributed by atoms with Crippen LogP contribution in [0.3, 0.4) is 0 Å². The van der Waals surface area contributed by atoms with Crippen molar-refractivity contribution in [3.05, 3.63) is 12.2 Å². The first-order valence-corrected chi connectivity index (χ1v) is 7.07. The summed E-state index contributed by atoms with van der Waals surface area (Å²) in [4.78, 5) is 26.3. The second-order valence-electron chi connectivity index (χ2n) is 6.36. The van der Waals surface area contributed by atoms with Gasteiger partial charge in [-0.1, -0.05) is 12.2 Å². The van der Waals surface area contributed by atoms with E-state index in [1.807, 2.05) is 32.9 Å². The average Bonchev–Trinajstić information content (AvgIpc) is 2.97. The third-order valence-electron chi connectivity index (χ3n) is 3.57. The molecule has 0 spiro atoms. The normalized spacial score (nSPS) is 23.9. The highest BCUT2D eigenvalue weighted by atomic mass is 16.6. The molecule has 106 valence electrons. The van der Waals surface area contributed by atoms with Crippen LogP contribution in [0.4, 0.5) is 0 Å². The van der Waals surface area contributed by atoms with Gasteiger partial charge in [0.2, 0.25) is 5.91 Å². The Labute approximate surface area is 114 Å². The van der Waals surface area contributed by atoms with Gasteiger partial charge in [0.25, 0.3) is 0 Å². The van der Waals surface area contributed by atoms with Gasteiger partial charge < -0.3 is 9.64 Å². The van der Waals surface area contributed by atoms with Gasteiger partial charge in [0, 0.05) is 12.5 Å². The fraction of sp³-hybridized carbons (Fsp3) is 0.733. The molecule has 0 aromatic carbocycles. The zero-order valence-corrected chi connectivity index (χ0v) is 12.0. The zero-order chi connectivity index (χ0) is 14.0. The fourth-order valence-corrected chi connectivity index (χ4v) is 2.70. The summed E-state index contributed by atoms with van der Waals surface area (Å²) in [5, 5.41) is 0. The standard InChI is InChI=1S/C15H23NO3/c1-15(2,3)19-14(18)12-9-6-10-16(12)13(17)11-7-4-5-8-11/h4-5,11-12H,6-10H2,1-3H3/t12-/m0/s1. The van der Waals surface area contributed by atoms with E-state index in [1.54, 1.807) is 4.90 Å². The van der Waals surface area contributed by atoms with E-state index in [1.165, 1.54) is 0 Å². The van der Waals surface area contributed by atoms with Gasteiger partial charge in [-0.05, 0) is 46.5 Å². The molecule has 0 bridgehead atoms. The Morgan fingerprint density at radius 1 is 1.21 bits per heavy atom. The monoisotopic (exact) mass is 265 g/mol. The van der Waals surface area contributed by atoms with Gasteiger partial charge in [0.15, 0.2) is 0 Å². The molecule has 1 saturated heterocycles. The third kappa shape index (κ3) is 3.37. The quantitative estimate of drug-likeness (QED) is 0.568. The summed E-state index contributed by atoms with van der Waals surface area (Å²) in [6, 6.07) is -0.382. The minimum Gasteiger partial charge on any atom is -0.458 e. The van der Waals surface area contributed by atoms with Gasteiger partial charge in [-0.25, -0.2) is 4.79 Å². The van der Waals surface area contributed by atoms with Crippen molar-refractivity contribution in [2.24, 2.45) is 5.92 Å². The number of amides is 1. The lowest BCUT2D eigenvalue weighted by Crippen LogP contribution is -2.45. The molecule has 1 aliphatic carbocycles. The second kappa shape index (κ2) is 5.35. The molecule has 19 heavy (non-hydrogen) atoms. The van der Waals surface area contributed by atoms with E-state index in [0.29, 0.717) is 6.54 Å². The number of carbonyl (C=O) groups is 2. The molecular formula is C15H23NO3. The number of carbonyl (C=O) groups excluding carboxylic acids is 2. The number of nitrogens with zero attached hydrogens (tertiary/aromatic N) is 1. The first-order valence-electron chi connectivity index (χ1n) is 7.07. The Morgan fingerprint density at radius 3 is 2.42 bits per heavy atom. The van der Waals surface area contributed by atoms with Crippen LogP contribution in [0.25, 0.3) is 0 Å². The van der Waals surface area contributed by atoms with E-state index in [0.717, 1.165) is 25.7 Å². The van der Waals surface area contributed by atoms with Crippen molar-refractivity contribution in [2.75, 3.05) is 6.54 Å². The highest BCUT2D eigenvalue weighted by molar-refractivity contribution is 5.87. The van der Waals surface area contributed by atoms with Gasteiger partial charge >= 0.3 is 5.97 Å². The van der Waals surface area contributed by atoms with Crippen LogP contribution in [0, 0.1) is 5.92 Å². The number of hydrogen-bond donors (Lipinski definition) is 0. The number of rotatable bonds is 2. The van der Waals surface area contributed by atoms with Crippen LogP contribution < -0.4 is 0 Å². The fourth-order valence-electron chi connectivity index (χ4n) is 2.70. The Kier molecular flexibility index (Phi) is 3.97. The van der Waals surface area contributed by atoms with E-state index in [-0.39, 0.29) is 23.8 Å². The summed E-state index contributed by atoms with van der Waals surface area (Å²) in [6.45, 7) is 6.24. The largest absolute Gasteiger partial charge is 0.458 e. The van der Waals surface area contributed by atoms with Crippen molar-refractivity contribution >= 4 is 11.9 Å². The summed E-state index contributed by atoms with van der Waals surface area (Å²) in [5.41, 5.74) is -0.497. The van der Waals surface area contributed by atoms with Crippen molar-refractivity contribution < 1.29 is 14.3 Å². The van der Waals surface area contributed by atoms with Crippen LogP contribution in [0.15, 0.2) is 12.2 Å². The van der Waals surface area contributed by atoms with Crippen LogP contribution >= 0.6 is 0 Å². The summed E-state index contributed by atoms with van der Waals surface area (Å²) in [5.74, 6) is -0.120. The molecule has 1 heterocycles. The van der Waals surface area contributed by atoms with Crippen LogP contribution in [-0.4, -0.2) is 35.0 Å². The van der Waals surface area contributed by atoms with Crippen molar-refractivity contribution in [1.29, 1.82) is 0 Å². The Bertz CT molecular complexity index is 387. The van der Waals surface area contributed by atoms with Crippen molar-refractivity contribution in [3.63, 3.8) is 0 Å². The smallest absolute Gasteiger partial charge is 0.329 e. The predicted octanol–water partition coefficient (Wildman–Crippen LogP) is 2.29. The molecule has 1 amide bonds. The second-order valence-corrected chi connectivity index (χ2v) is 6.36. The van der Waals surface area contributed by atoms with Crippen LogP contribution in [0.1, 0.15) is 46.5 Å². The Balaban J connectivity index is 2.00. The Hall–Kier alpha value is -1.32. The minimum absolute atomic E-state index is 0.0306. The molecule has 0 unspecified atom stereocenters. The maximum absolute atomic E-state index is 12.4. The molecule has 0 radical (unpaired) electrons. The summed E-state index contributed by atoms with van der Waals surface area (Å²) in [7, 11) is 0. The van der Waals surface area contributed by atoms with Gasteiger partial charge in [0.1, 0.15) is 11.6 Å². The molecule has 4 nitrogen and oxygen atoms in total. The first-order chi connectivity index (χ1) is 8.88. The van der Waals surface area contributed by atoms with Crippen molar-refractivity contribution in [2.45, 2.75) is 58.1 Å². The minimum atomic E-state index is -0.497. The van der Waals surface area contributed by atoms with Gasteiger partial charge in [-0.3, -0.25) is 4.79 Å². The first kappa shape index (κ1) is 14.1. The number of hydrogen-bond acceptors (Lipinski definition) is 3. The van der Waals surface area contributed by atoms with E-state index < -0.39 is 5.60 Å². The van der Waals surface area contributed by atoms with Gasteiger partial charge in [-0.15, -0.1) is 0 Å². The lowest BCUT2D eigenvalue weighted by atomic mass is 10.1. The van der Waals surface area contributed by atoms with Crippen molar-refractivity contribution in [1.82, 2.24) is 4.90 Å². The van der Waals surface area contributed by atoms with E-state index in [9.17, 15) is 9.59 Å². The van der Waals surface area contributed by atoms with Crippen LogP contribution in [0.5, 0.6) is 0 Å². The molecular weight excluding hydrogens is 242 g/mol. The van der Waals surface area contributed by atoms with E-state index in [2.05, 4.69) is 0 Å². The number of allylic oxidation sites excluding steroid dienone is 2. The topological polar surface area (TPSA) is 46.6 Å².